The highest BCUT2D eigenvalue weighted by atomic mass is 31.1. The van der Waals surface area contributed by atoms with Crippen LogP contribution < -0.4 is 0 Å². The molecular formula is C18H30O7P+. The monoisotopic (exact) mass is 389 g/mol. The van der Waals surface area contributed by atoms with Gasteiger partial charge < -0.3 is 9.47 Å². The van der Waals surface area contributed by atoms with Crippen molar-refractivity contribution < 1.29 is 32.7 Å². The smallest absolute Gasteiger partial charge is 0.425 e. The fraction of sp³-hybridized carbons (Fsp3) is 0.667. The van der Waals surface area contributed by atoms with Crippen molar-refractivity contribution in [3.63, 3.8) is 0 Å². The summed E-state index contributed by atoms with van der Waals surface area (Å²) in [7, 11) is -2.74. The zero-order chi connectivity index (χ0) is 20.5. The minimum absolute atomic E-state index is 0.197. The van der Waals surface area contributed by atoms with Crippen LogP contribution in [0.25, 0.3) is 0 Å². The van der Waals surface area contributed by atoms with Crippen LogP contribution in [0.15, 0.2) is 24.3 Å². The fourth-order valence-electron chi connectivity index (χ4n) is 1.89. The van der Waals surface area contributed by atoms with Gasteiger partial charge in [0.1, 0.15) is 0 Å². The van der Waals surface area contributed by atoms with E-state index in [0.29, 0.717) is 0 Å². The Kier molecular flexibility index (Phi) is 9.92. The molecule has 0 fully saturated rings. The topological polar surface area (TPSA) is 88.1 Å². The molecule has 0 heterocycles. The van der Waals surface area contributed by atoms with Crippen LogP contribution in [0.1, 0.15) is 67.2 Å². The first-order valence-electron chi connectivity index (χ1n) is 8.63. The Labute approximate surface area is 156 Å². The number of carbonyl (C=O) groups excluding carboxylic acids is 2. The standard InChI is InChI=1S/C18H30O7P/c1-9-17(10-2,22-15(19)13(5)6)24-26(21)25-18(11-3,12-4)23-16(20)14(7)8/h5,7,9-12H2,1-4,6,8H3/q+1. The zero-order valence-corrected chi connectivity index (χ0v) is 17.4. The largest absolute Gasteiger partial charge is 0.705 e. The van der Waals surface area contributed by atoms with E-state index in [-0.39, 0.29) is 36.8 Å². The molecule has 0 radical (unpaired) electrons. The van der Waals surface area contributed by atoms with Gasteiger partial charge in [0, 0.05) is 41.4 Å². The Morgan fingerprint density at radius 3 is 1.23 bits per heavy atom. The third kappa shape index (κ3) is 6.98. The van der Waals surface area contributed by atoms with Crippen LogP contribution in [-0.4, -0.2) is 23.5 Å². The average Bonchev–Trinajstić information content (AvgIpc) is 2.59. The van der Waals surface area contributed by atoms with E-state index in [9.17, 15) is 14.2 Å². The number of rotatable bonds is 12. The fourth-order valence-corrected chi connectivity index (χ4v) is 3.06. The first kappa shape index (κ1) is 24.4. The third-order valence-electron chi connectivity index (χ3n) is 3.89. The maximum Gasteiger partial charge on any atom is 0.705 e. The molecule has 0 atom stereocenters. The van der Waals surface area contributed by atoms with Crippen molar-refractivity contribution in [1.29, 1.82) is 0 Å². The van der Waals surface area contributed by atoms with Crippen LogP contribution in [0.3, 0.4) is 0 Å². The van der Waals surface area contributed by atoms with Gasteiger partial charge in [0.2, 0.25) is 0 Å². The second kappa shape index (κ2) is 10.6. The van der Waals surface area contributed by atoms with Crippen molar-refractivity contribution in [2.75, 3.05) is 0 Å². The summed E-state index contributed by atoms with van der Waals surface area (Å²) < 4.78 is 34.0. The normalized spacial score (nSPS) is 11.6. The second-order valence-electron chi connectivity index (χ2n) is 5.98. The van der Waals surface area contributed by atoms with Gasteiger partial charge in [-0.05, 0) is 13.8 Å². The van der Waals surface area contributed by atoms with Gasteiger partial charge in [0.25, 0.3) is 11.6 Å². The summed E-state index contributed by atoms with van der Waals surface area (Å²) in [6.45, 7) is 17.0. The minimum atomic E-state index is -2.74. The Morgan fingerprint density at radius 1 is 0.769 bits per heavy atom. The van der Waals surface area contributed by atoms with Crippen LogP contribution in [0.2, 0.25) is 0 Å². The lowest BCUT2D eigenvalue weighted by Gasteiger charge is -2.27. The molecule has 0 aliphatic rings. The van der Waals surface area contributed by atoms with E-state index in [4.69, 9.17) is 18.5 Å². The van der Waals surface area contributed by atoms with E-state index in [2.05, 4.69) is 13.2 Å². The lowest BCUT2D eigenvalue weighted by Crippen LogP contribution is -2.38. The summed E-state index contributed by atoms with van der Waals surface area (Å²) in [5.41, 5.74) is 0.394. The molecule has 0 unspecified atom stereocenters. The summed E-state index contributed by atoms with van der Waals surface area (Å²) in [4.78, 5) is 23.7. The molecule has 0 N–H and O–H groups in total. The van der Waals surface area contributed by atoms with Gasteiger partial charge in [0.05, 0.1) is 0 Å². The van der Waals surface area contributed by atoms with Crippen molar-refractivity contribution >= 4 is 20.2 Å². The van der Waals surface area contributed by atoms with Gasteiger partial charge in [-0.3, -0.25) is 0 Å². The van der Waals surface area contributed by atoms with Crippen LogP contribution in [0.4, 0.5) is 0 Å². The lowest BCUT2D eigenvalue weighted by molar-refractivity contribution is -0.213. The van der Waals surface area contributed by atoms with Gasteiger partial charge >= 0.3 is 20.2 Å². The van der Waals surface area contributed by atoms with Gasteiger partial charge in [-0.25, -0.2) is 9.59 Å². The summed E-state index contributed by atoms with van der Waals surface area (Å²) in [6.07, 6.45) is 1.01. The van der Waals surface area contributed by atoms with Crippen molar-refractivity contribution in [2.45, 2.75) is 78.8 Å². The first-order valence-corrected chi connectivity index (χ1v) is 9.73. The summed E-state index contributed by atoms with van der Waals surface area (Å²) in [5, 5.41) is 0. The minimum Gasteiger partial charge on any atom is -0.425 e. The van der Waals surface area contributed by atoms with Gasteiger partial charge in [-0.1, -0.05) is 49.9 Å². The highest BCUT2D eigenvalue weighted by Crippen LogP contribution is 2.42. The second-order valence-corrected chi connectivity index (χ2v) is 6.79. The molecule has 148 valence electrons. The molecular weight excluding hydrogens is 359 g/mol. The molecule has 8 heteroatoms. The number of ether oxygens (including phenoxy) is 2. The maximum absolute atomic E-state index is 12.5. The Hall–Kier alpha value is -1.56. The van der Waals surface area contributed by atoms with E-state index in [1.165, 1.54) is 13.8 Å². The average molecular weight is 389 g/mol. The molecule has 0 saturated heterocycles. The van der Waals surface area contributed by atoms with E-state index in [1.54, 1.807) is 27.7 Å². The SMILES string of the molecule is C=C(C)C(=O)OC(CC)(CC)O[P+](=O)OC(CC)(CC)OC(=O)C(=C)C. The molecule has 7 nitrogen and oxygen atoms in total. The Bertz CT molecular complexity index is 512. The summed E-state index contributed by atoms with van der Waals surface area (Å²) in [6, 6.07) is 0. The van der Waals surface area contributed by atoms with Crippen LogP contribution >= 0.6 is 8.25 Å². The molecule has 0 amide bonds. The summed E-state index contributed by atoms with van der Waals surface area (Å²) >= 11 is 0. The van der Waals surface area contributed by atoms with E-state index >= 15 is 0 Å². The molecule has 26 heavy (non-hydrogen) atoms. The van der Waals surface area contributed by atoms with Gasteiger partial charge in [-0.2, -0.15) is 0 Å². The lowest BCUT2D eigenvalue weighted by atomic mass is 10.1. The predicted octanol–water partition coefficient (Wildman–Crippen LogP) is 4.95. The van der Waals surface area contributed by atoms with Crippen LogP contribution in [0.5, 0.6) is 0 Å². The highest BCUT2D eigenvalue weighted by Gasteiger charge is 2.49. The van der Waals surface area contributed by atoms with Crippen molar-refractivity contribution in [1.82, 2.24) is 0 Å². The van der Waals surface area contributed by atoms with Crippen molar-refractivity contribution in [3.8, 4) is 0 Å². The Morgan fingerprint density at radius 2 is 1.04 bits per heavy atom. The quantitative estimate of drug-likeness (QED) is 0.202. The molecule has 0 aromatic heterocycles. The molecule has 0 aliphatic heterocycles. The van der Waals surface area contributed by atoms with Crippen LogP contribution in [-0.2, 0) is 32.7 Å². The number of carbonyl (C=O) groups is 2. The van der Waals surface area contributed by atoms with Gasteiger partial charge in [0.15, 0.2) is 0 Å². The number of hydrogen-bond acceptors (Lipinski definition) is 7. The van der Waals surface area contributed by atoms with E-state index in [0.717, 1.165) is 0 Å². The summed E-state index contributed by atoms with van der Waals surface area (Å²) in [5.74, 6) is -4.14. The van der Waals surface area contributed by atoms with Gasteiger partial charge in [-0.15, -0.1) is 0 Å². The van der Waals surface area contributed by atoms with Crippen molar-refractivity contribution in [2.24, 2.45) is 0 Å². The molecule has 0 aromatic rings. The number of hydrogen-bond donors (Lipinski definition) is 0. The van der Waals surface area contributed by atoms with E-state index < -0.39 is 31.8 Å². The zero-order valence-electron chi connectivity index (χ0n) is 16.5. The number of esters is 2. The van der Waals surface area contributed by atoms with E-state index in [1.807, 2.05) is 0 Å². The maximum atomic E-state index is 12.5. The van der Waals surface area contributed by atoms with Crippen molar-refractivity contribution in [3.05, 3.63) is 24.3 Å². The predicted molar refractivity (Wildman–Crippen MR) is 98.2 cm³/mol. The molecule has 0 aromatic carbocycles. The molecule has 0 saturated carbocycles. The van der Waals surface area contributed by atoms with Crippen LogP contribution in [0, 0.1) is 0 Å². The third-order valence-corrected chi connectivity index (χ3v) is 4.85. The Balaban J connectivity index is 5.34. The molecule has 0 aliphatic carbocycles. The molecule has 0 spiro atoms. The molecule has 0 bridgehead atoms. The first-order chi connectivity index (χ1) is 12.0. The molecule has 0 rings (SSSR count). The highest BCUT2D eigenvalue weighted by molar-refractivity contribution is 7.33.